The molecule has 0 aliphatic heterocycles. The minimum atomic E-state index is -0.0430. The van der Waals surface area contributed by atoms with E-state index in [4.69, 9.17) is 11.6 Å². The Hall–Kier alpha value is -0.240. The fourth-order valence-electron chi connectivity index (χ4n) is 2.25. The molecule has 2 aliphatic rings. The van der Waals surface area contributed by atoms with Crippen molar-refractivity contribution in [2.24, 2.45) is 17.8 Å². The second kappa shape index (κ2) is 3.49. The lowest BCUT2D eigenvalue weighted by atomic mass is 10.1. The highest BCUT2D eigenvalue weighted by atomic mass is 35.5. The van der Waals surface area contributed by atoms with Gasteiger partial charge in [0.1, 0.15) is 0 Å². The average molecular weight is 202 g/mol. The lowest BCUT2D eigenvalue weighted by molar-refractivity contribution is -0.124. The summed E-state index contributed by atoms with van der Waals surface area (Å²) in [4.78, 5) is 11.5. The Morgan fingerprint density at radius 1 is 1.46 bits per heavy atom. The van der Waals surface area contributed by atoms with Gasteiger partial charge in [0.15, 0.2) is 0 Å². The van der Waals surface area contributed by atoms with Crippen LogP contribution in [-0.2, 0) is 4.79 Å². The highest BCUT2D eigenvalue weighted by Gasteiger charge is 2.46. The fourth-order valence-corrected chi connectivity index (χ4v) is 2.39. The Kier molecular flexibility index (Phi) is 2.50. The predicted octanol–water partition coefficient (Wildman–Crippen LogP) is 1.78. The lowest BCUT2D eigenvalue weighted by Gasteiger charge is -2.16. The Labute approximate surface area is 84.0 Å². The van der Waals surface area contributed by atoms with Crippen molar-refractivity contribution < 1.29 is 4.79 Å². The van der Waals surface area contributed by atoms with Gasteiger partial charge in [-0.25, -0.2) is 0 Å². The summed E-state index contributed by atoms with van der Waals surface area (Å²) in [5.41, 5.74) is 0. The number of nitrogens with one attached hydrogen (secondary N) is 1. The molecular formula is C10H16ClNO. The van der Waals surface area contributed by atoms with Crippen molar-refractivity contribution in [1.82, 2.24) is 5.32 Å². The quantitative estimate of drug-likeness (QED) is 0.693. The summed E-state index contributed by atoms with van der Waals surface area (Å²) in [6.07, 6.45) is 3.80. The summed E-state index contributed by atoms with van der Waals surface area (Å²) >= 11 is 5.61. The summed E-state index contributed by atoms with van der Waals surface area (Å²) in [7, 11) is 0. The molecule has 3 atom stereocenters. The van der Waals surface area contributed by atoms with E-state index in [-0.39, 0.29) is 11.8 Å². The van der Waals surface area contributed by atoms with Gasteiger partial charge in [0.2, 0.25) is 5.91 Å². The summed E-state index contributed by atoms with van der Waals surface area (Å²) < 4.78 is 0. The van der Waals surface area contributed by atoms with Crippen LogP contribution in [-0.4, -0.2) is 17.8 Å². The van der Waals surface area contributed by atoms with E-state index in [0.29, 0.717) is 11.9 Å². The van der Waals surface area contributed by atoms with Gasteiger partial charge in [0, 0.05) is 17.8 Å². The maximum absolute atomic E-state index is 11.5. The van der Waals surface area contributed by atoms with Crippen molar-refractivity contribution in [2.45, 2.75) is 32.2 Å². The number of carbonyl (C=O) groups is 1. The van der Waals surface area contributed by atoms with Gasteiger partial charge in [-0.2, -0.15) is 0 Å². The zero-order valence-corrected chi connectivity index (χ0v) is 8.68. The molecule has 1 amide bonds. The van der Waals surface area contributed by atoms with E-state index in [1.54, 1.807) is 0 Å². The smallest absolute Gasteiger partial charge is 0.224 e. The number of alkyl halides is 1. The Bertz CT molecular complexity index is 209. The van der Waals surface area contributed by atoms with Gasteiger partial charge in [0.25, 0.3) is 0 Å². The second-order valence-corrected chi connectivity index (χ2v) is 4.80. The average Bonchev–Trinajstić information content (AvgIpc) is 2.73. The number of carbonyl (C=O) groups excluding carboxylic acids is 1. The first kappa shape index (κ1) is 9.32. The largest absolute Gasteiger partial charge is 0.353 e. The van der Waals surface area contributed by atoms with E-state index >= 15 is 0 Å². The number of amides is 1. The zero-order chi connectivity index (χ0) is 9.42. The summed E-state index contributed by atoms with van der Waals surface area (Å²) in [5.74, 6) is 2.36. The van der Waals surface area contributed by atoms with E-state index in [1.165, 1.54) is 19.3 Å². The number of hydrogen-bond donors (Lipinski definition) is 1. The number of fused-ring (bicyclic) bond motifs is 1. The van der Waals surface area contributed by atoms with Crippen LogP contribution in [0, 0.1) is 17.8 Å². The van der Waals surface area contributed by atoms with Crippen LogP contribution < -0.4 is 5.32 Å². The van der Waals surface area contributed by atoms with Crippen LogP contribution in [0.5, 0.6) is 0 Å². The molecule has 2 rings (SSSR count). The maximum atomic E-state index is 11.5. The normalized spacial score (nSPS) is 38.2. The van der Waals surface area contributed by atoms with Crippen molar-refractivity contribution in [1.29, 1.82) is 0 Å². The van der Waals surface area contributed by atoms with Crippen molar-refractivity contribution in [3.63, 3.8) is 0 Å². The van der Waals surface area contributed by atoms with E-state index < -0.39 is 0 Å². The molecule has 0 aromatic rings. The van der Waals surface area contributed by atoms with Gasteiger partial charge in [-0.1, -0.05) is 6.92 Å². The molecule has 1 N–H and O–H groups in total. The van der Waals surface area contributed by atoms with E-state index in [1.807, 2.05) is 6.92 Å². The van der Waals surface area contributed by atoms with Crippen LogP contribution in [0.3, 0.4) is 0 Å². The predicted molar refractivity (Wildman–Crippen MR) is 52.6 cm³/mol. The monoisotopic (exact) mass is 201 g/mol. The lowest BCUT2D eigenvalue weighted by Crippen LogP contribution is -2.37. The van der Waals surface area contributed by atoms with Crippen LogP contribution in [0.1, 0.15) is 26.2 Å². The Morgan fingerprint density at radius 2 is 2.08 bits per heavy atom. The van der Waals surface area contributed by atoms with Crippen LogP contribution >= 0.6 is 11.6 Å². The zero-order valence-electron chi connectivity index (χ0n) is 7.92. The molecule has 74 valence electrons. The molecule has 13 heavy (non-hydrogen) atoms. The molecule has 2 nitrogen and oxygen atoms in total. The molecular weight excluding hydrogens is 186 g/mol. The Morgan fingerprint density at radius 3 is 2.62 bits per heavy atom. The molecule has 0 radical (unpaired) electrons. The Balaban J connectivity index is 1.75. The van der Waals surface area contributed by atoms with Gasteiger partial charge in [-0.3, -0.25) is 4.79 Å². The van der Waals surface area contributed by atoms with Gasteiger partial charge >= 0.3 is 0 Å². The molecule has 0 heterocycles. The standard InChI is InChI=1S/C10H16ClNO/c1-6(5-11)10(13)12-9-3-7-2-8(7)4-9/h6-9H,2-5H2,1H3,(H,12,13). The first-order valence-corrected chi connectivity index (χ1v) is 5.60. The third-order valence-electron chi connectivity index (χ3n) is 3.27. The third-order valence-corrected chi connectivity index (χ3v) is 3.73. The number of halogens is 1. The van der Waals surface area contributed by atoms with Gasteiger partial charge in [-0.15, -0.1) is 11.6 Å². The van der Waals surface area contributed by atoms with Crippen molar-refractivity contribution in [3.8, 4) is 0 Å². The van der Waals surface area contributed by atoms with Crippen LogP contribution in [0.4, 0.5) is 0 Å². The molecule has 3 unspecified atom stereocenters. The maximum Gasteiger partial charge on any atom is 0.224 e. The second-order valence-electron chi connectivity index (χ2n) is 4.49. The fraction of sp³-hybridized carbons (Fsp3) is 0.900. The molecule has 2 saturated carbocycles. The van der Waals surface area contributed by atoms with E-state index in [2.05, 4.69) is 5.32 Å². The highest BCUT2D eigenvalue weighted by Crippen LogP contribution is 2.51. The summed E-state index contributed by atoms with van der Waals surface area (Å²) in [6.45, 7) is 1.87. The molecule has 2 aliphatic carbocycles. The van der Waals surface area contributed by atoms with Gasteiger partial charge in [0.05, 0.1) is 0 Å². The van der Waals surface area contributed by atoms with E-state index in [9.17, 15) is 4.79 Å². The molecule has 2 fully saturated rings. The van der Waals surface area contributed by atoms with Crippen molar-refractivity contribution in [2.75, 3.05) is 5.88 Å². The SMILES string of the molecule is CC(CCl)C(=O)NC1CC2CC2C1. The molecule has 0 aromatic heterocycles. The first-order chi connectivity index (χ1) is 6.20. The van der Waals surface area contributed by atoms with Crippen molar-refractivity contribution >= 4 is 17.5 Å². The van der Waals surface area contributed by atoms with Crippen LogP contribution in [0.25, 0.3) is 0 Å². The molecule has 0 aromatic carbocycles. The van der Waals surface area contributed by atoms with Crippen molar-refractivity contribution in [3.05, 3.63) is 0 Å². The van der Waals surface area contributed by atoms with Gasteiger partial charge < -0.3 is 5.32 Å². The highest BCUT2D eigenvalue weighted by molar-refractivity contribution is 6.19. The molecule has 0 saturated heterocycles. The summed E-state index contributed by atoms with van der Waals surface area (Å²) in [5, 5.41) is 3.07. The van der Waals surface area contributed by atoms with Gasteiger partial charge in [-0.05, 0) is 31.1 Å². The third kappa shape index (κ3) is 1.98. The minimum absolute atomic E-state index is 0.0430. The molecule has 0 bridgehead atoms. The van der Waals surface area contributed by atoms with Crippen LogP contribution in [0.2, 0.25) is 0 Å². The summed E-state index contributed by atoms with van der Waals surface area (Å²) in [6, 6.07) is 0.446. The van der Waals surface area contributed by atoms with E-state index in [0.717, 1.165) is 11.8 Å². The molecule has 3 heteroatoms. The topological polar surface area (TPSA) is 29.1 Å². The number of rotatable bonds is 3. The number of hydrogen-bond acceptors (Lipinski definition) is 1. The first-order valence-electron chi connectivity index (χ1n) is 5.07. The van der Waals surface area contributed by atoms with Crippen LogP contribution in [0.15, 0.2) is 0 Å². The molecule has 0 spiro atoms. The minimum Gasteiger partial charge on any atom is -0.353 e.